The van der Waals surface area contributed by atoms with E-state index in [1.165, 1.54) is 0 Å². The molecule has 0 aliphatic carbocycles. The molecule has 0 N–H and O–H groups in total. The molecule has 0 aliphatic heterocycles. The van der Waals surface area contributed by atoms with E-state index < -0.39 is 0 Å². The normalized spacial score (nSPS) is 11.8. The van der Waals surface area contributed by atoms with Crippen LogP contribution in [0.1, 0.15) is 0 Å². The fourth-order valence-electron chi connectivity index (χ4n) is 6.67. The number of aromatic nitrogens is 4. The molecule has 0 atom stereocenters. The smallest absolute Gasteiger partial charge is 0.164 e. The number of furan rings is 1. The van der Waals surface area contributed by atoms with Gasteiger partial charge < -0.3 is 4.42 Å². The minimum Gasteiger partial charge on any atom is -0.456 e. The molecule has 0 amide bonds. The van der Waals surface area contributed by atoms with Crippen molar-refractivity contribution in [2.45, 2.75) is 0 Å². The van der Waals surface area contributed by atoms with Gasteiger partial charge in [-0.25, -0.2) is 19.9 Å². The fraction of sp³-hybridized carbons (Fsp3) is 0. The van der Waals surface area contributed by atoms with E-state index in [1.807, 2.05) is 66.7 Å². The predicted molar refractivity (Wildman–Crippen MR) is 197 cm³/mol. The van der Waals surface area contributed by atoms with Crippen molar-refractivity contribution in [1.29, 1.82) is 0 Å². The molecule has 0 fully saturated rings. The highest BCUT2D eigenvalue weighted by molar-refractivity contribution is 7.21. The molecule has 0 spiro atoms. The molecule has 224 valence electrons. The van der Waals surface area contributed by atoms with Crippen LogP contribution in [0.2, 0.25) is 0 Å². The summed E-state index contributed by atoms with van der Waals surface area (Å²) in [6.45, 7) is 0. The van der Waals surface area contributed by atoms with E-state index in [1.54, 1.807) is 11.3 Å². The fourth-order valence-corrected chi connectivity index (χ4v) is 7.65. The van der Waals surface area contributed by atoms with Gasteiger partial charge in [0, 0.05) is 27.6 Å². The summed E-state index contributed by atoms with van der Waals surface area (Å²) in [5.74, 6) is 1.90. The molecule has 5 nitrogen and oxygen atoms in total. The van der Waals surface area contributed by atoms with E-state index in [0.717, 1.165) is 81.0 Å². The predicted octanol–water partition coefficient (Wildman–Crippen LogP) is 11.4. The van der Waals surface area contributed by atoms with Crippen molar-refractivity contribution in [3.05, 3.63) is 146 Å². The van der Waals surface area contributed by atoms with Gasteiger partial charge in [0.2, 0.25) is 0 Å². The van der Waals surface area contributed by atoms with Crippen LogP contribution in [0.4, 0.5) is 0 Å². The summed E-state index contributed by atoms with van der Waals surface area (Å²) in [5.41, 5.74) is 6.58. The molecule has 0 aliphatic rings. The summed E-state index contributed by atoms with van der Waals surface area (Å²) >= 11 is 1.71. The van der Waals surface area contributed by atoms with Crippen molar-refractivity contribution in [1.82, 2.24) is 19.9 Å². The Labute approximate surface area is 278 Å². The van der Waals surface area contributed by atoms with Gasteiger partial charge in [0.05, 0.1) is 15.6 Å². The number of thiazole rings is 1. The van der Waals surface area contributed by atoms with E-state index in [2.05, 4.69) is 78.9 Å². The molecule has 10 aromatic rings. The molecule has 3 heterocycles. The largest absolute Gasteiger partial charge is 0.456 e. The van der Waals surface area contributed by atoms with Crippen LogP contribution in [0, 0.1) is 0 Å². The third kappa shape index (κ3) is 4.31. The van der Waals surface area contributed by atoms with Gasteiger partial charge in [0.25, 0.3) is 0 Å². The van der Waals surface area contributed by atoms with E-state index >= 15 is 0 Å². The number of hydrogen-bond acceptors (Lipinski definition) is 6. The van der Waals surface area contributed by atoms with Gasteiger partial charge in [-0.15, -0.1) is 11.3 Å². The molecule has 48 heavy (non-hydrogen) atoms. The van der Waals surface area contributed by atoms with Crippen LogP contribution in [-0.2, 0) is 0 Å². The van der Waals surface area contributed by atoms with E-state index in [0.29, 0.717) is 17.5 Å². The third-order valence-corrected chi connectivity index (χ3v) is 10.0. The SMILES string of the molecule is c1ccc(-c2nc(-c3ccccc3)nc(-c3cc4cc5oc6ccc7sc(-c8ccccc8)nc7c6c5cc4c4ccccc34)n2)cc1. The average Bonchev–Trinajstić information content (AvgIpc) is 3.76. The summed E-state index contributed by atoms with van der Waals surface area (Å²) in [7, 11) is 0. The van der Waals surface area contributed by atoms with Crippen molar-refractivity contribution in [3.63, 3.8) is 0 Å². The Kier molecular flexibility index (Phi) is 5.98. The maximum Gasteiger partial charge on any atom is 0.164 e. The summed E-state index contributed by atoms with van der Waals surface area (Å²) in [4.78, 5) is 20.2. The molecular formula is C42H24N4OS. The van der Waals surface area contributed by atoms with Crippen molar-refractivity contribution in [2.75, 3.05) is 0 Å². The van der Waals surface area contributed by atoms with Gasteiger partial charge >= 0.3 is 0 Å². The van der Waals surface area contributed by atoms with Crippen LogP contribution >= 0.6 is 11.3 Å². The van der Waals surface area contributed by atoms with Gasteiger partial charge in [-0.2, -0.15) is 0 Å². The lowest BCUT2D eigenvalue weighted by Crippen LogP contribution is -2.00. The topological polar surface area (TPSA) is 64.7 Å². The first-order chi connectivity index (χ1) is 23.8. The van der Waals surface area contributed by atoms with E-state index in [-0.39, 0.29) is 0 Å². The molecule has 6 heteroatoms. The maximum absolute atomic E-state index is 6.52. The standard InChI is InChI=1S/C42H24N4OS/c1-4-12-25(13-5-1)39-44-40(26-14-6-2-7-15-26)46-41(45-39)32-22-28-23-35-33(24-31(28)29-18-10-11-19-30(29)32)37-34(47-35)20-21-36-38(37)43-42(48-36)27-16-8-3-9-17-27/h1-24H. The molecule has 0 saturated heterocycles. The van der Waals surface area contributed by atoms with Crippen molar-refractivity contribution >= 4 is 65.0 Å². The van der Waals surface area contributed by atoms with Crippen LogP contribution < -0.4 is 0 Å². The Morgan fingerprint density at radius 3 is 1.73 bits per heavy atom. The van der Waals surface area contributed by atoms with Gasteiger partial charge in [0.15, 0.2) is 17.5 Å². The summed E-state index contributed by atoms with van der Waals surface area (Å²) in [5, 5.41) is 7.51. The lowest BCUT2D eigenvalue weighted by molar-refractivity contribution is 0.670. The number of nitrogens with zero attached hydrogens (tertiary/aromatic N) is 4. The molecule has 7 aromatic carbocycles. The van der Waals surface area contributed by atoms with Crippen molar-refractivity contribution in [3.8, 4) is 44.7 Å². The monoisotopic (exact) mass is 632 g/mol. The van der Waals surface area contributed by atoms with Crippen LogP contribution in [-0.4, -0.2) is 19.9 Å². The maximum atomic E-state index is 6.52. The second-order valence-corrected chi connectivity index (χ2v) is 12.9. The van der Waals surface area contributed by atoms with Gasteiger partial charge in [-0.1, -0.05) is 115 Å². The molecule has 0 radical (unpaired) electrons. The Hall–Kier alpha value is -6.24. The molecule has 0 bridgehead atoms. The van der Waals surface area contributed by atoms with Crippen LogP contribution in [0.25, 0.3) is 98.4 Å². The van der Waals surface area contributed by atoms with Crippen LogP contribution in [0.5, 0.6) is 0 Å². The first-order valence-electron chi connectivity index (χ1n) is 15.8. The Bertz CT molecular complexity index is 2770. The summed E-state index contributed by atoms with van der Waals surface area (Å²) in [6.07, 6.45) is 0. The van der Waals surface area contributed by atoms with E-state index in [9.17, 15) is 0 Å². The first-order valence-corrected chi connectivity index (χ1v) is 16.6. The minimum atomic E-state index is 0.628. The zero-order valence-corrected chi connectivity index (χ0v) is 26.3. The van der Waals surface area contributed by atoms with Gasteiger partial charge in [-0.3, -0.25) is 0 Å². The van der Waals surface area contributed by atoms with Gasteiger partial charge in [0.1, 0.15) is 16.2 Å². The highest BCUT2D eigenvalue weighted by atomic mass is 32.1. The second-order valence-electron chi connectivity index (χ2n) is 11.9. The second kappa shape index (κ2) is 10.7. The minimum absolute atomic E-state index is 0.628. The highest BCUT2D eigenvalue weighted by Gasteiger charge is 2.19. The lowest BCUT2D eigenvalue weighted by atomic mass is 9.95. The number of benzene rings is 7. The van der Waals surface area contributed by atoms with E-state index in [4.69, 9.17) is 24.4 Å². The zero-order chi connectivity index (χ0) is 31.6. The lowest BCUT2D eigenvalue weighted by Gasteiger charge is -2.12. The Morgan fingerprint density at radius 2 is 1.04 bits per heavy atom. The van der Waals surface area contributed by atoms with Crippen LogP contribution in [0.15, 0.2) is 150 Å². The molecule has 3 aromatic heterocycles. The Balaban J connectivity index is 1.23. The van der Waals surface area contributed by atoms with Crippen LogP contribution in [0.3, 0.4) is 0 Å². The van der Waals surface area contributed by atoms with Gasteiger partial charge in [-0.05, 0) is 51.9 Å². The molecular weight excluding hydrogens is 609 g/mol. The highest BCUT2D eigenvalue weighted by Crippen LogP contribution is 2.42. The quantitative estimate of drug-likeness (QED) is 0.181. The molecule has 0 unspecified atom stereocenters. The number of rotatable bonds is 4. The van der Waals surface area contributed by atoms with Crippen molar-refractivity contribution in [2.24, 2.45) is 0 Å². The number of fused-ring (bicyclic) bond motifs is 8. The zero-order valence-electron chi connectivity index (χ0n) is 25.5. The average molecular weight is 633 g/mol. The molecule has 0 saturated carbocycles. The van der Waals surface area contributed by atoms with Crippen molar-refractivity contribution < 1.29 is 4.42 Å². The third-order valence-electron chi connectivity index (χ3n) is 8.93. The summed E-state index contributed by atoms with van der Waals surface area (Å²) < 4.78 is 7.66. The molecule has 10 rings (SSSR count). The number of hydrogen-bond donors (Lipinski definition) is 0. The summed E-state index contributed by atoms with van der Waals surface area (Å²) in [6, 6.07) is 49.8. The Morgan fingerprint density at radius 1 is 0.438 bits per heavy atom. The first kappa shape index (κ1) is 26.9.